The predicted molar refractivity (Wildman–Crippen MR) is 138 cm³/mol. The second-order valence-corrected chi connectivity index (χ2v) is 13.4. The summed E-state index contributed by atoms with van der Waals surface area (Å²) in [4.78, 5) is 26.3. The average Bonchev–Trinajstić information content (AvgIpc) is 3.26. The van der Waals surface area contributed by atoms with Crippen LogP contribution in [-0.4, -0.2) is 30.8 Å². The Hall–Kier alpha value is -3.31. The predicted octanol–water partition coefficient (Wildman–Crippen LogP) is 5.62. The summed E-state index contributed by atoms with van der Waals surface area (Å²) in [6.45, 7) is 10.8. The van der Waals surface area contributed by atoms with Crippen molar-refractivity contribution < 1.29 is 22.9 Å². The fraction of sp³-hybridized carbons (Fsp3) is 0.360. The summed E-state index contributed by atoms with van der Waals surface area (Å²) < 4.78 is 31.0. The summed E-state index contributed by atoms with van der Waals surface area (Å²) >= 11 is 0.784. The number of aromatic nitrogens is 1. The van der Waals surface area contributed by atoms with Gasteiger partial charge in [-0.1, -0.05) is 58.1 Å². The molecule has 36 heavy (non-hydrogen) atoms. The molecule has 9 nitrogen and oxygen atoms in total. The third kappa shape index (κ3) is 6.88. The molecule has 0 radical (unpaired) electrons. The number of hydrogen-bond donors (Lipinski definition) is 1. The summed E-state index contributed by atoms with van der Waals surface area (Å²) in [5.41, 5.74) is 1.15. The molecule has 0 saturated carbocycles. The van der Waals surface area contributed by atoms with E-state index >= 15 is 0 Å². The van der Waals surface area contributed by atoms with Crippen molar-refractivity contribution in [2.75, 3.05) is 11.9 Å². The van der Waals surface area contributed by atoms with Crippen molar-refractivity contribution in [2.24, 2.45) is 5.41 Å². The van der Waals surface area contributed by atoms with E-state index in [1.165, 1.54) is 5.56 Å². The van der Waals surface area contributed by atoms with Crippen LogP contribution in [0.2, 0.25) is 0 Å². The highest BCUT2D eigenvalue weighted by Crippen LogP contribution is 2.36. The number of anilines is 1. The van der Waals surface area contributed by atoms with Gasteiger partial charge >= 0.3 is 0 Å². The van der Waals surface area contributed by atoms with Gasteiger partial charge in [0.2, 0.25) is 9.84 Å². The summed E-state index contributed by atoms with van der Waals surface area (Å²) in [6, 6.07) is 12.2. The molecular weight excluding hydrogens is 502 g/mol. The van der Waals surface area contributed by atoms with Crippen LogP contribution in [0.3, 0.4) is 0 Å². The van der Waals surface area contributed by atoms with Gasteiger partial charge in [-0.25, -0.2) is 13.4 Å². The zero-order valence-electron chi connectivity index (χ0n) is 20.8. The molecule has 0 atom stereocenters. The fourth-order valence-electron chi connectivity index (χ4n) is 4.04. The number of amides is 1. The number of ether oxygens (including phenoxy) is 1. The molecule has 0 aliphatic heterocycles. The average molecular weight is 532 g/mol. The molecule has 2 aromatic carbocycles. The number of nitrogens with zero attached hydrogens (tertiary/aromatic N) is 2. The molecule has 3 rings (SSSR count). The maximum atomic E-state index is 12.8. The molecule has 11 heteroatoms. The molecule has 0 aliphatic carbocycles. The summed E-state index contributed by atoms with van der Waals surface area (Å²) in [6.07, 6.45) is 2.15. The van der Waals surface area contributed by atoms with E-state index in [-0.39, 0.29) is 37.4 Å². The first-order chi connectivity index (χ1) is 16.7. The lowest BCUT2D eigenvalue weighted by Gasteiger charge is -2.33. The van der Waals surface area contributed by atoms with Crippen molar-refractivity contribution in [3.63, 3.8) is 0 Å². The topological polar surface area (TPSA) is 128 Å². The van der Waals surface area contributed by atoms with Crippen LogP contribution >= 0.6 is 11.3 Å². The third-order valence-electron chi connectivity index (χ3n) is 5.33. The van der Waals surface area contributed by atoms with Crippen LogP contribution in [0, 0.1) is 15.5 Å². The van der Waals surface area contributed by atoms with Gasteiger partial charge in [0.15, 0.2) is 11.7 Å². The van der Waals surface area contributed by atoms with Crippen molar-refractivity contribution >= 4 is 37.9 Å². The van der Waals surface area contributed by atoms with E-state index in [1.807, 2.05) is 24.3 Å². The fourth-order valence-corrected chi connectivity index (χ4v) is 6.49. The maximum Gasteiger partial charge on any atom is 0.269 e. The largest absolute Gasteiger partial charge is 0.484 e. The first-order valence-electron chi connectivity index (χ1n) is 11.2. The number of thiazole rings is 1. The van der Waals surface area contributed by atoms with Crippen LogP contribution < -0.4 is 10.1 Å². The molecule has 1 heterocycles. The molecular formula is C25H29N3O6S2. The van der Waals surface area contributed by atoms with Gasteiger partial charge in [0.05, 0.1) is 16.0 Å². The molecule has 0 spiro atoms. The Balaban J connectivity index is 1.59. The number of sulfone groups is 1. The Bertz CT molecular complexity index is 1340. The first-order valence-corrected chi connectivity index (χ1v) is 13.5. The Kier molecular flexibility index (Phi) is 7.85. The van der Waals surface area contributed by atoms with Crippen LogP contribution in [0.5, 0.6) is 5.75 Å². The quantitative estimate of drug-likeness (QED) is 0.280. The Morgan fingerprint density at radius 2 is 1.67 bits per heavy atom. The van der Waals surface area contributed by atoms with Crippen molar-refractivity contribution in [1.29, 1.82) is 0 Å². The zero-order valence-corrected chi connectivity index (χ0v) is 22.4. The molecule has 1 amide bonds. The normalized spacial score (nSPS) is 12.2. The standard InChI is InChI=1S/C25H29N3O6S2/c1-24(2,3)16-25(4,5)17-6-10-19(11-7-17)34-15-21(29)27-23-26-14-22(35-23)36(32,33)20-12-8-18(9-13-20)28(30)31/h6-14H,15-16H2,1-5H3,(H,26,27,29). The lowest BCUT2D eigenvalue weighted by atomic mass is 9.72. The van der Waals surface area contributed by atoms with E-state index in [4.69, 9.17) is 4.74 Å². The van der Waals surface area contributed by atoms with Crippen molar-refractivity contribution in [3.8, 4) is 5.75 Å². The van der Waals surface area contributed by atoms with E-state index < -0.39 is 20.7 Å². The van der Waals surface area contributed by atoms with Crippen LogP contribution in [0.1, 0.15) is 46.6 Å². The minimum absolute atomic E-state index is 0.00842. The summed E-state index contributed by atoms with van der Waals surface area (Å²) in [5.74, 6) is 0.0572. The maximum absolute atomic E-state index is 12.8. The molecule has 1 N–H and O–H groups in total. The van der Waals surface area contributed by atoms with E-state index in [2.05, 4.69) is 44.9 Å². The van der Waals surface area contributed by atoms with E-state index in [0.29, 0.717) is 5.75 Å². The Labute approximate surface area is 214 Å². The highest BCUT2D eigenvalue weighted by Gasteiger charge is 2.27. The van der Waals surface area contributed by atoms with Crippen LogP contribution in [0.25, 0.3) is 0 Å². The highest BCUT2D eigenvalue weighted by atomic mass is 32.2. The second kappa shape index (κ2) is 10.4. The SMILES string of the molecule is CC(C)(C)CC(C)(C)c1ccc(OCC(=O)Nc2ncc(S(=O)(=O)c3ccc([N+](=O)[O-])cc3)s2)cc1. The van der Waals surface area contributed by atoms with Gasteiger partial charge in [-0.15, -0.1) is 0 Å². The van der Waals surface area contributed by atoms with Crippen LogP contribution in [-0.2, 0) is 20.0 Å². The highest BCUT2D eigenvalue weighted by molar-refractivity contribution is 7.93. The number of nitro groups is 1. The van der Waals surface area contributed by atoms with Gasteiger partial charge in [0.1, 0.15) is 9.96 Å². The zero-order chi connectivity index (χ0) is 26.7. The number of rotatable bonds is 9. The summed E-state index contributed by atoms with van der Waals surface area (Å²) in [7, 11) is -3.93. The van der Waals surface area contributed by atoms with Gasteiger partial charge in [-0.2, -0.15) is 0 Å². The number of nitrogens with one attached hydrogen (secondary N) is 1. The van der Waals surface area contributed by atoms with Crippen molar-refractivity contribution in [3.05, 3.63) is 70.4 Å². The van der Waals surface area contributed by atoms with Gasteiger partial charge in [0, 0.05) is 12.1 Å². The molecule has 0 aliphatic rings. The van der Waals surface area contributed by atoms with Crippen LogP contribution in [0.15, 0.2) is 63.8 Å². The van der Waals surface area contributed by atoms with E-state index in [1.54, 1.807) is 0 Å². The monoisotopic (exact) mass is 531 g/mol. The Morgan fingerprint density at radius 3 is 2.22 bits per heavy atom. The molecule has 0 saturated heterocycles. The van der Waals surface area contributed by atoms with Gasteiger partial charge < -0.3 is 4.74 Å². The Morgan fingerprint density at radius 1 is 1.06 bits per heavy atom. The van der Waals surface area contributed by atoms with Gasteiger partial charge in [-0.05, 0) is 47.1 Å². The molecule has 1 aromatic heterocycles. The molecule has 0 bridgehead atoms. The minimum Gasteiger partial charge on any atom is -0.484 e. The lowest BCUT2D eigenvalue weighted by Crippen LogP contribution is -2.24. The minimum atomic E-state index is -3.93. The van der Waals surface area contributed by atoms with Gasteiger partial charge in [0.25, 0.3) is 11.6 Å². The number of carbonyl (C=O) groups is 1. The number of carbonyl (C=O) groups excluding carboxylic acids is 1. The molecule has 3 aromatic rings. The third-order valence-corrected chi connectivity index (χ3v) is 8.48. The van der Waals surface area contributed by atoms with E-state index in [9.17, 15) is 23.3 Å². The molecule has 0 unspecified atom stereocenters. The smallest absolute Gasteiger partial charge is 0.269 e. The summed E-state index contributed by atoms with van der Waals surface area (Å²) in [5, 5.41) is 13.4. The van der Waals surface area contributed by atoms with Gasteiger partial charge in [-0.3, -0.25) is 20.2 Å². The number of hydrogen-bond acceptors (Lipinski definition) is 8. The number of benzene rings is 2. The van der Waals surface area contributed by atoms with Crippen LogP contribution in [0.4, 0.5) is 10.8 Å². The first kappa shape index (κ1) is 27.3. The molecule has 192 valence electrons. The second-order valence-electron chi connectivity index (χ2n) is 10.2. The van der Waals surface area contributed by atoms with E-state index in [0.717, 1.165) is 48.2 Å². The van der Waals surface area contributed by atoms with Crippen molar-refractivity contribution in [2.45, 2.75) is 55.6 Å². The lowest BCUT2D eigenvalue weighted by molar-refractivity contribution is -0.384. The number of non-ortho nitro benzene ring substituents is 1. The van der Waals surface area contributed by atoms with Crippen molar-refractivity contribution in [1.82, 2.24) is 4.98 Å². The molecule has 0 fully saturated rings. The number of nitro benzene ring substituents is 1.